The van der Waals surface area contributed by atoms with Crippen LogP contribution in [0.15, 0.2) is 4.99 Å². The van der Waals surface area contributed by atoms with Crippen molar-refractivity contribution in [2.75, 3.05) is 26.2 Å². The monoisotopic (exact) mass is 429 g/mol. The molecular formula is C23H39N7O. The zero-order valence-corrected chi connectivity index (χ0v) is 19.4. The second-order valence-corrected chi connectivity index (χ2v) is 10.00. The molecule has 2 N–H and O–H groups in total. The van der Waals surface area contributed by atoms with E-state index in [-0.39, 0.29) is 0 Å². The van der Waals surface area contributed by atoms with Crippen LogP contribution in [0.1, 0.15) is 63.5 Å². The van der Waals surface area contributed by atoms with Gasteiger partial charge in [-0.1, -0.05) is 19.8 Å². The highest BCUT2D eigenvalue weighted by Crippen LogP contribution is 2.60. The van der Waals surface area contributed by atoms with Gasteiger partial charge in [0.2, 0.25) is 0 Å². The molecule has 2 saturated heterocycles. The summed E-state index contributed by atoms with van der Waals surface area (Å²) in [5.41, 5.74) is 0.313. The summed E-state index contributed by atoms with van der Waals surface area (Å²) in [5.74, 6) is 3.39. The van der Waals surface area contributed by atoms with Gasteiger partial charge in [0.15, 0.2) is 11.8 Å². The van der Waals surface area contributed by atoms with E-state index in [1.54, 1.807) is 0 Å². The number of hydrogen-bond acceptors (Lipinski definition) is 5. The molecule has 2 aliphatic carbocycles. The van der Waals surface area contributed by atoms with Crippen molar-refractivity contribution in [3.63, 3.8) is 0 Å². The smallest absolute Gasteiger partial charge is 0.192 e. The number of fused-ring (bicyclic) bond motifs is 2. The molecule has 0 aromatic carbocycles. The number of guanidine groups is 1. The van der Waals surface area contributed by atoms with Crippen LogP contribution >= 0.6 is 0 Å². The Morgan fingerprint density at radius 3 is 2.81 bits per heavy atom. The Kier molecular flexibility index (Phi) is 5.94. The lowest BCUT2D eigenvalue weighted by molar-refractivity contribution is -0.125. The number of nitrogens with zero attached hydrogens (tertiary/aromatic N) is 5. The SMILES string of the molecule is CCN1CCCC1CNC(=NCc1nnc(C)n1C)NC1C2CCOC2C12CCCC2. The zero-order chi connectivity index (χ0) is 21.4. The van der Waals surface area contributed by atoms with E-state index in [4.69, 9.17) is 9.73 Å². The number of hydrogen-bond donors (Lipinski definition) is 2. The molecule has 2 saturated carbocycles. The first-order valence-electron chi connectivity index (χ1n) is 12.4. The summed E-state index contributed by atoms with van der Waals surface area (Å²) >= 11 is 0. The molecular weight excluding hydrogens is 390 g/mol. The van der Waals surface area contributed by atoms with Crippen molar-refractivity contribution in [1.29, 1.82) is 0 Å². The Bertz CT molecular complexity index is 800. The molecule has 0 amide bonds. The molecule has 5 rings (SSSR count). The molecule has 4 atom stereocenters. The van der Waals surface area contributed by atoms with E-state index in [0.29, 0.717) is 36.1 Å². The summed E-state index contributed by atoms with van der Waals surface area (Å²) in [5, 5.41) is 16.1. The molecule has 4 aliphatic rings. The van der Waals surface area contributed by atoms with Crippen LogP contribution < -0.4 is 10.6 Å². The van der Waals surface area contributed by atoms with Crippen molar-refractivity contribution in [3.05, 3.63) is 11.6 Å². The number of aryl methyl sites for hydroxylation is 1. The number of likely N-dealkylation sites (N-methyl/N-ethyl adjacent to an activating group) is 1. The first-order valence-corrected chi connectivity index (χ1v) is 12.4. The second-order valence-electron chi connectivity index (χ2n) is 10.00. The Balaban J connectivity index is 1.32. The number of nitrogens with one attached hydrogen (secondary N) is 2. The van der Waals surface area contributed by atoms with Gasteiger partial charge in [0.1, 0.15) is 12.4 Å². The molecule has 3 heterocycles. The second kappa shape index (κ2) is 8.70. The van der Waals surface area contributed by atoms with Crippen molar-refractivity contribution in [3.8, 4) is 0 Å². The maximum atomic E-state index is 6.19. The summed E-state index contributed by atoms with van der Waals surface area (Å²) < 4.78 is 8.22. The molecule has 1 aromatic rings. The maximum absolute atomic E-state index is 6.19. The van der Waals surface area contributed by atoms with Crippen molar-refractivity contribution in [1.82, 2.24) is 30.3 Å². The summed E-state index contributed by atoms with van der Waals surface area (Å²) in [6.45, 7) is 8.99. The Hall–Kier alpha value is -1.67. The first-order chi connectivity index (χ1) is 15.1. The van der Waals surface area contributed by atoms with Gasteiger partial charge in [-0.25, -0.2) is 4.99 Å². The van der Waals surface area contributed by atoms with E-state index in [1.807, 2.05) is 18.5 Å². The highest BCUT2D eigenvalue weighted by Gasteiger charge is 2.65. The lowest BCUT2D eigenvalue weighted by atomic mass is 9.54. The molecule has 172 valence electrons. The lowest BCUT2D eigenvalue weighted by Crippen LogP contribution is -2.69. The van der Waals surface area contributed by atoms with Gasteiger partial charge in [0, 0.05) is 43.6 Å². The van der Waals surface area contributed by atoms with Crippen LogP contribution in [0, 0.1) is 18.3 Å². The Morgan fingerprint density at radius 2 is 2.06 bits per heavy atom. The fraction of sp³-hybridized carbons (Fsp3) is 0.870. The minimum absolute atomic E-state index is 0.313. The average molecular weight is 430 g/mol. The van der Waals surface area contributed by atoms with E-state index in [1.165, 1.54) is 51.5 Å². The zero-order valence-electron chi connectivity index (χ0n) is 19.4. The van der Waals surface area contributed by atoms with Gasteiger partial charge in [0.05, 0.1) is 6.10 Å². The van der Waals surface area contributed by atoms with Crippen molar-refractivity contribution < 1.29 is 4.74 Å². The van der Waals surface area contributed by atoms with E-state index < -0.39 is 0 Å². The quantitative estimate of drug-likeness (QED) is 0.532. The average Bonchev–Trinajstić information content (AvgIpc) is 3.56. The van der Waals surface area contributed by atoms with Crippen LogP contribution in [-0.2, 0) is 18.3 Å². The summed E-state index contributed by atoms with van der Waals surface area (Å²) in [6, 6.07) is 1.07. The highest BCUT2D eigenvalue weighted by atomic mass is 16.5. The van der Waals surface area contributed by atoms with E-state index in [9.17, 15) is 0 Å². The maximum Gasteiger partial charge on any atom is 0.192 e. The molecule has 0 bridgehead atoms. The van der Waals surface area contributed by atoms with Crippen LogP contribution in [0.4, 0.5) is 0 Å². The largest absolute Gasteiger partial charge is 0.377 e. The van der Waals surface area contributed by atoms with Crippen molar-refractivity contribution >= 4 is 5.96 Å². The number of likely N-dealkylation sites (tertiary alicyclic amines) is 1. The lowest BCUT2D eigenvalue weighted by Gasteiger charge is -2.57. The Morgan fingerprint density at radius 1 is 1.23 bits per heavy atom. The van der Waals surface area contributed by atoms with Crippen LogP contribution in [0.25, 0.3) is 0 Å². The van der Waals surface area contributed by atoms with Gasteiger partial charge >= 0.3 is 0 Å². The molecule has 0 radical (unpaired) electrons. The van der Waals surface area contributed by atoms with Gasteiger partial charge in [-0.15, -0.1) is 10.2 Å². The topological polar surface area (TPSA) is 79.6 Å². The van der Waals surface area contributed by atoms with Crippen LogP contribution in [-0.4, -0.2) is 70.1 Å². The molecule has 4 fully saturated rings. The molecule has 2 aliphatic heterocycles. The molecule has 1 spiro atoms. The standard InChI is InChI=1S/C23H39N7O/c1-4-30-12-7-8-17(30)14-24-22(25-15-19-28-27-16(2)29(19)3)26-20-18-9-13-31-21(18)23(20)10-5-6-11-23/h17-18,20-21H,4-15H2,1-3H3,(H2,24,25,26). The predicted molar refractivity (Wildman–Crippen MR) is 121 cm³/mol. The Labute approximate surface area is 186 Å². The van der Waals surface area contributed by atoms with Gasteiger partial charge < -0.3 is 19.9 Å². The summed E-state index contributed by atoms with van der Waals surface area (Å²) in [6.07, 6.45) is 9.43. The third kappa shape index (κ3) is 3.75. The van der Waals surface area contributed by atoms with E-state index in [2.05, 4.69) is 32.7 Å². The fourth-order valence-electron chi connectivity index (χ4n) is 6.70. The van der Waals surface area contributed by atoms with Gasteiger partial charge in [-0.2, -0.15) is 0 Å². The third-order valence-corrected chi connectivity index (χ3v) is 8.55. The van der Waals surface area contributed by atoms with Crippen molar-refractivity contribution in [2.24, 2.45) is 23.4 Å². The molecule has 8 nitrogen and oxygen atoms in total. The molecule has 31 heavy (non-hydrogen) atoms. The minimum atomic E-state index is 0.313. The van der Waals surface area contributed by atoms with E-state index >= 15 is 0 Å². The van der Waals surface area contributed by atoms with Crippen LogP contribution in [0.5, 0.6) is 0 Å². The first kappa shape index (κ1) is 21.2. The molecule has 8 heteroatoms. The predicted octanol–water partition coefficient (Wildman–Crippen LogP) is 1.99. The number of rotatable bonds is 6. The third-order valence-electron chi connectivity index (χ3n) is 8.55. The summed E-state index contributed by atoms with van der Waals surface area (Å²) in [4.78, 5) is 7.56. The van der Waals surface area contributed by atoms with Crippen molar-refractivity contribution in [2.45, 2.75) is 83.5 Å². The van der Waals surface area contributed by atoms with Crippen LogP contribution in [0.3, 0.4) is 0 Å². The normalized spacial score (nSPS) is 32.4. The fourth-order valence-corrected chi connectivity index (χ4v) is 6.70. The van der Waals surface area contributed by atoms with E-state index in [0.717, 1.165) is 37.3 Å². The highest BCUT2D eigenvalue weighted by molar-refractivity contribution is 5.80. The van der Waals surface area contributed by atoms with Gasteiger partial charge in [-0.05, 0) is 52.1 Å². The summed E-state index contributed by atoms with van der Waals surface area (Å²) in [7, 11) is 2.01. The molecule has 1 aromatic heterocycles. The van der Waals surface area contributed by atoms with Crippen LogP contribution in [0.2, 0.25) is 0 Å². The van der Waals surface area contributed by atoms with Gasteiger partial charge in [0.25, 0.3) is 0 Å². The van der Waals surface area contributed by atoms with Gasteiger partial charge in [-0.3, -0.25) is 4.90 Å². The number of aliphatic imine (C=N–C) groups is 1. The number of aromatic nitrogens is 3. The minimum Gasteiger partial charge on any atom is -0.377 e. The number of ether oxygens (including phenoxy) is 1. The molecule has 4 unspecified atom stereocenters.